The lowest BCUT2D eigenvalue weighted by Gasteiger charge is -2.35. The highest BCUT2D eigenvalue weighted by atomic mass is 35.5. The van der Waals surface area contributed by atoms with E-state index in [-0.39, 0.29) is 0 Å². The van der Waals surface area contributed by atoms with Crippen LogP contribution in [0.25, 0.3) is 0 Å². The molecule has 2 atom stereocenters. The third kappa shape index (κ3) is 6.35. The Balaban J connectivity index is 1.54. The minimum absolute atomic E-state index is 0.370. The second-order valence-electron chi connectivity index (χ2n) is 6.03. The van der Waals surface area contributed by atoms with E-state index in [1.807, 2.05) is 18.2 Å². The van der Waals surface area contributed by atoms with Crippen LogP contribution in [0.5, 0.6) is 0 Å². The normalized spacial score (nSPS) is 23.4. The number of unbranched alkanes of at least 4 members (excludes halogenated alkanes) is 1. The molecule has 1 saturated heterocycles. The summed E-state index contributed by atoms with van der Waals surface area (Å²) in [6, 6.07) is 8.04. The van der Waals surface area contributed by atoms with E-state index in [0.717, 1.165) is 31.2 Å². The lowest BCUT2D eigenvalue weighted by molar-refractivity contribution is -0.0681. The van der Waals surface area contributed by atoms with Crippen LogP contribution in [0.15, 0.2) is 24.3 Å². The molecule has 1 aromatic rings. The van der Waals surface area contributed by atoms with Gasteiger partial charge in [-0.15, -0.1) is 0 Å². The first kappa shape index (κ1) is 16.8. The van der Waals surface area contributed by atoms with Crippen LogP contribution in [-0.2, 0) is 11.3 Å². The number of nitrogens with zero attached hydrogens (tertiary/aromatic N) is 1. The third-order valence-corrected chi connectivity index (χ3v) is 4.03. The summed E-state index contributed by atoms with van der Waals surface area (Å²) >= 11 is 5.97. The fourth-order valence-electron chi connectivity index (χ4n) is 2.93. The average Bonchev–Trinajstić information content (AvgIpc) is 2.42. The predicted octanol–water partition coefficient (Wildman–Crippen LogP) is 3.32. The largest absolute Gasteiger partial charge is 0.373 e. The van der Waals surface area contributed by atoms with Crippen LogP contribution >= 0.6 is 11.6 Å². The van der Waals surface area contributed by atoms with E-state index in [4.69, 9.17) is 16.3 Å². The first-order valence-corrected chi connectivity index (χ1v) is 8.34. The molecule has 1 fully saturated rings. The minimum atomic E-state index is 0.370. The van der Waals surface area contributed by atoms with Crippen LogP contribution in [0, 0.1) is 0 Å². The molecule has 1 aliphatic rings. The second kappa shape index (κ2) is 8.74. The summed E-state index contributed by atoms with van der Waals surface area (Å²) in [5.41, 5.74) is 1.25. The minimum Gasteiger partial charge on any atom is -0.373 e. The van der Waals surface area contributed by atoms with Crippen molar-refractivity contribution in [3.05, 3.63) is 34.9 Å². The Kier molecular flexibility index (Phi) is 6.97. The molecule has 0 bridgehead atoms. The van der Waals surface area contributed by atoms with Gasteiger partial charge in [-0.1, -0.05) is 23.7 Å². The van der Waals surface area contributed by atoms with Crippen molar-refractivity contribution in [2.45, 2.75) is 45.4 Å². The summed E-state index contributed by atoms with van der Waals surface area (Å²) in [6.45, 7) is 9.59. The van der Waals surface area contributed by atoms with Gasteiger partial charge in [0, 0.05) is 24.7 Å². The first-order chi connectivity index (χ1) is 10.1. The van der Waals surface area contributed by atoms with Crippen molar-refractivity contribution in [2.24, 2.45) is 0 Å². The number of hydrogen-bond acceptors (Lipinski definition) is 3. The molecule has 1 aromatic carbocycles. The quantitative estimate of drug-likeness (QED) is 0.782. The summed E-state index contributed by atoms with van der Waals surface area (Å²) in [5, 5.41) is 4.29. The van der Waals surface area contributed by atoms with E-state index in [1.54, 1.807) is 0 Å². The molecule has 1 heterocycles. The van der Waals surface area contributed by atoms with Crippen molar-refractivity contribution in [3.8, 4) is 0 Å². The lowest BCUT2D eigenvalue weighted by Crippen LogP contribution is -2.45. The zero-order valence-electron chi connectivity index (χ0n) is 13.1. The molecule has 118 valence electrons. The first-order valence-electron chi connectivity index (χ1n) is 7.96. The topological polar surface area (TPSA) is 24.5 Å². The zero-order valence-corrected chi connectivity index (χ0v) is 13.9. The molecule has 2 unspecified atom stereocenters. The van der Waals surface area contributed by atoms with Gasteiger partial charge < -0.3 is 10.1 Å². The third-order valence-electron chi connectivity index (χ3n) is 3.79. The summed E-state index contributed by atoms with van der Waals surface area (Å²) < 4.78 is 5.76. The maximum Gasteiger partial charge on any atom is 0.0678 e. The lowest BCUT2D eigenvalue weighted by atomic mass is 10.2. The number of halogens is 1. The number of benzene rings is 1. The molecule has 21 heavy (non-hydrogen) atoms. The molecule has 0 amide bonds. The van der Waals surface area contributed by atoms with Crippen molar-refractivity contribution in [1.29, 1.82) is 0 Å². The number of morpholine rings is 1. The maximum atomic E-state index is 5.97. The summed E-state index contributed by atoms with van der Waals surface area (Å²) in [5.74, 6) is 0. The van der Waals surface area contributed by atoms with Crippen molar-refractivity contribution >= 4 is 11.6 Å². The van der Waals surface area contributed by atoms with Gasteiger partial charge in [0.25, 0.3) is 0 Å². The van der Waals surface area contributed by atoms with Crippen molar-refractivity contribution in [2.75, 3.05) is 26.2 Å². The van der Waals surface area contributed by atoms with E-state index < -0.39 is 0 Å². The van der Waals surface area contributed by atoms with Gasteiger partial charge in [0.05, 0.1) is 12.2 Å². The molecular weight excluding hydrogens is 284 g/mol. The molecule has 3 nitrogen and oxygen atoms in total. The van der Waals surface area contributed by atoms with Crippen molar-refractivity contribution < 1.29 is 4.74 Å². The van der Waals surface area contributed by atoms with Crippen LogP contribution in [0.1, 0.15) is 32.3 Å². The highest BCUT2D eigenvalue weighted by Gasteiger charge is 2.21. The highest BCUT2D eigenvalue weighted by Crippen LogP contribution is 2.12. The van der Waals surface area contributed by atoms with Gasteiger partial charge in [-0.3, -0.25) is 4.90 Å². The Morgan fingerprint density at radius 3 is 2.71 bits per heavy atom. The molecule has 0 aromatic heterocycles. The van der Waals surface area contributed by atoms with Crippen molar-refractivity contribution in [1.82, 2.24) is 10.2 Å². The fourth-order valence-corrected chi connectivity index (χ4v) is 3.14. The van der Waals surface area contributed by atoms with Crippen LogP contribution in [-0.4, -0.2) is 43.3 Å². The van der Waals surface area contributed by atoms with Crippen LogP contribution in [0.4, 0.5) is 0 Å². The standard InChI is InChI=1S/C17H27ClN2O/c1-14-12-20(13-15(2)21-14)9-4-3-8-19-11-16-6-5-7-17(18)10-16/h5-7,10,14-15,19H,3-4,8-9,11-13H2,1-2H3. The Bertz CT molecular complexity index is 417. The van der Waals surface area contributed by atoms with E-state index in [9.17, 15) is 0 Å². The number of ether oxygens (including phenoxy) is 1. The molecule has 0 radical (unpaired) electrons. The summed E-state index contributed by atoms with van der Waals surface area (Å²) in [6.07, 6.45) is 3.19. The van der Waals surface area contributed by atoms with Gasteiger partial charge in [0.15, 0.2) is 0 Å². The Labute approximate surface area is 133 Å². The summed E-state index contributed by atoms with van der Waals surface area (Å²) in [7, 11) is 0. The number of rotatable bonds is 7. The Morgan fingerprint density at radius 2 is 2.00 bits per heavy atom. The van der Waals surface area contributed by atoms with Gasteiger partial charge in [0.2, 0.25) is 0 Å². The van der Waals surface area contributed by atoms with Gasteiger partial charge in [-0.2, -0.15) is 0 Å². The molecule has 1 aliphatic heterocycles. The van der Waals surface area contributed by atoms with Crippen LogP contribution in [0.3, 0.4) is 0 Å². The average molecular weight is 311 g/mol. The number of nitrogens with one attached hydrogen (secondary N) is 1. The molecule has 0 spiro atoms. The molecular formula is C17H27ClN2O. The summed E-state index contributed by atoms with van der Waals surface area (Å²) in [4.78, 5) is 2.52. The molecule has 4 heteroatoms. The SMILES string of the molecule is CC1CN(CCCCNCc2cccc(Cl)c2)CC(C)O1. The molecule has 0 aliphatic carbocycles. The van der Waals surface area contributed by atoms with Gasteiger partial charge in [-0.25, -0.2) is 0 Å². The van der Waals surface area contributed by atoms with Gasteiger partial charge in [0.1, 0.15) is 0 Å². The van der Waals surface area contributed by atoms with Crippen molar-refractivity contribution in [3.63, 3.8) is 0 Å². The van der Waals surface area contributed by atoms with E-state index in [0.29, 0.717) is 12.2 Å². The molecule has 1 N–H and O–H groups in total. The van der Waals surface area contributed by atoms with Gasteiger partial charge >= 0.3 is 0 Å². The Morgan fingerprint density at radius 1 is 1.24 bits per heavy atom. The van der Waals surface area contributed by atoms with Gasteiger partial charge in [-0.05, 0) is 57.5 Å². The monoisotopic (exact) mass is 310 g/mol. The molecule has 2 rings (SSSR count). The van der Waals surface area contributed by atoms with E-state index in [1.165, 1.54) is 24.9 Å². The van der Waals surface area contributed by atoms with E-state index in [2.05, 4.69) is 30.1 Å². The van der Waals surface area contributed by atoms with E-state index >= 15 is 0 Å². The molecule has 0 saturated carbocycles. The predicted molar refractivity (Wildman–Crippen MR) is 88.8 cm³/mol. The highest BCUT2D eigenvalue weighted by molar-refractivity contribution is 6.30. The second-order valence-corrected chi connectivity index (χ2v) is 6.47. The zero-order chi connectivity index (χ0) is 15.1. The Hall–Kier alpha value is -0.610. The fraction of sp³-hybridized carbons (Fsp3) is 0.647. The van der Waals surface area contributed by atoms with Crippen LogP contribution in [0.2, 0.25) is 5.02 Å². The smallest absolute Gasteiger partial charge is 0.0678 e. The van der Waals surface area contributed by atoms with Crippen LogP contribution < -0.4 is 5.32 Å². The maximum absolute atomic E-state index is 5.97. The number of hydrogen-bond donors (Lipinski definition) is 1.